The molecular weight excluding hydrogens is 182 g/mol. The van der Waals surface area contributed by atoms with Crippen LogP contribution in [0.5, 0.6) is 0 Å². The number of isothiocyanates is 1. The van der Waals surface area contributed by atoms with Gasteiger partial charge in [-0.15, -0.1) is 0 Å². The summed E-state index contributed by atoms with van der Waals surface area (Å²) in [6.07, 6.45) is 1.70. The third-order valence-electron chi connectivity index (χ3n) is 1.69. The number of thiocarbonyl (C=S) groups is 1. The van der Waals surface area contributed by atoms with Gasteiger partial charge in [0.25, 0.3) is 0 Å². The SMILES string of the molecule is Cc1cc(N(C)C)ncc1N=C=S. The van der Waals surface area contributed by atoms with E-state index in [2.05, 4.69) is 27.4 Å². The molecule has 0 saturated heterocycles. The summed E-state index contributed by atoms with van der Waals surface area (Å²) in [7, 11) is 3.90. The van der Waals surface area contributed by atoms with Crippen LogP contribution in [0.4, 0.5) is 11.5 Å². The molecule has 68 valence electrons. The minimum Gasteiger partial charge on any atom is -0.363 e. The summed E-state index contributed by atoms with van der Waals surface area (Å²) in [5.41, 5.74) is 1.83. The summed E-state index contributed by atoms with van der Waals surface area (Å²) >= 11 is 4.52. The largest absolute Gasteiger partial charge is 0.363 e. The zero-order chi connectivity index (χ0) is 9.84. The van der Waals surface area contributed by atoms with Crippen molar-refractivity contribution in [1.82, 2.24) is 4.98 Å². The molecule has 0 radical (unpaired) electrons. The number of rotatable bonds is 2. The number of nitrogens with zero attached hydrogens (tertiary/aromatic N) is 3. The first-order chi connectivity index (χ1) is 6.15. The van der Waals surface area contributed by atoms with Gasteiger partial charge in [0, 0.05) is 14.1 Å². The Labute approximate surface area is 83.1 Å². The van der Waals surface area contributed by atoms with E-state index in [0.29, 0.717) is 0 Å². The topological polar surface area (TPSA) is 28.5 Å². The molecule has 0 aliphatic rings. The maximum atomic E-state index is 4.52. The predicted octanol–water partition coefficient (Wildman–Crippen LogP) is 2.19. The Morgan fingerprint density at radius 1 is 1.54 bits per heavy atom. The van der Waals surface area contributed by atoms with Crippen LogP contribution in [0.25, 0.3) is 0 Å². The predicted molar refractivity (Wildman–Crippen MR) is 58.0 cm³/mol. The van der Waals surface area contributed by atoms with Crippen LogP contribution in [-0.4, -0.2) is 24.2 Å². The van der Waals surface area contributed by atoms with Crippen molar-refractivity contribution >= 4 is 28.9 Å². The Morgan fingerprint density at radius 2 is 2.23 bits per heavy atom. The standard InChI is InChI=1S/C9H11N3S/c1-7-4-9(12(2)3)10-5-8(7)11-6-13/h4-5H,1-3H3. The molecule has 0 aromatic carbocycles. The summed E-state index contributed by atoms with van der Waals surface area (Å²) in [6, 6.07) is 1.96. The molecule has 0 aliphatic heterocycles. The molecule has 0 unspecified atom stereocenters. The fourth-order valence-corrected chi connectivity index (χ4v) is 1.04. The number of aromatic nitrogens is 1. The maximum absolute atomic E-state index is 4.52. The van der Waals surface area contributed by atoms with Crippen LogP contribution < -0.4 is 4.90 Å². The molecule has 1 aromatic heterocycles. The van der Waals surface area contributed by atoms with Gasteiger partial charge in [-0.3, -0.25) is 0 Å². The molecular formula is C9H11N3S. The Hall–Kier alpha value is -1.25. The minimum absolute atomic E-state index is 0.778. The van der Waals surface area contributed by atoms with Crippen LogP contribution in [0.2, 0.25) is 0 Å². The minimum atomic E-state index is 0.778. The van der Waals surface area contributed by atoms with Gasteiger partial charge in [0.15, 0.2) is 0 Å². The van der Waals surface area contributed by atoms with E-state index in [1.165, 1.54) is 0 Å². The van der Waals surface area contributed by atoms with Crippen LogP contribution in [0.1, 0.15) is 5.56 Å². The molecule has 0 fully saturated rings. The third-order valence-corrected chi connectivity index (χ3v) is 1.78. The molecule has 4 heteroatoms. The molecule has 0 N–H and O–H groups in total. The number of anilines is 1. The van der Waals surface area contributed by atoms with Crippen LogP contribution in [0, 0.1) is 6.92 Å². The van der Waals surface area contributed by atoms with Crippen molar-refractivity contribution < 1.29 is 0 Å². The molecule has 0 aliphatic carbocycles. The van der Waals surface area contributed by atoms with E-state index in [1.54, 1.807) is 6.20 Å². The Morgan fingerprint density at radius 3 is 2.69 bits per heavy atom. The molecule has 3 nitrogen and oxygen atoms in total. The average Bonchev–Trinajstić information content (AvgIpc) is 2.08. The van der Waals surface area contributed by atoms with Crippen LogP contribution in [0.3, 0.4) is 0 Å². The van der Waals surface area contributed by atoms with Gasteiger partial charge in [-0.05, 0) is 30.8 Å². The van der Waals surface area contributed by atoms with Crippen molar-refractivity contribution in [1.29, 1.82) is 0 Å². The van der Waals surface area contributed by atoms with Crippen molar-refractivity contribution in [3.63, 3.8) is 0 Å². The highest BCUT2D eigenvalue weighted by Gasteiger charge is 2.00. The number of aryl methyl sites for hydroxylation is 1. The van der Waals surface area contributed by atoms with E-state index in [9.17, 15) is 0 Å². The number of aliphatic imine (C=N–C) groups is 1. The summed E-state index contributed by atoms with van der Waals surface area (Å²) in [5.74, 6) is 0.917. The second-order valence-electron chi connectivity index (χ2n) is 2.93. The molecule has 0 bridgehead atoms. The first-order valence-corrected chi connectivity index (χ1v) is 4.28. The van der Waals surface area contributed by atoms with E-state index in [4.69, 9.17) is 0 Å². The highest BCUT2D eigenvalue weighted by molar-refractivity contribution is 7.78. The molecule has 1 aromatic rings. The molecule has 0 spiro atoms. The molecule has 1 rings (SSSR count). The van der Waals surface area contributed by atoms with Crippen LogP contribution in [0.15, 0.2) is 17.3 Å². The van der Waals surface area contributed by atoms with E-state index in [1.807, 2.05) is 32.0 Å². The smallest absolute Gasteiger partial charge is 0.128 e. The lowest BCUT2D eigenvalue weighted by Gasteiger charge is -2.11. The van der Waals surface area contributed by atoms with E-state index in [0.717, 1.165) is 17.1 Å². The van der Waals surface area contributed by atoms with Gasteiger partial charge in [-0.2, -0.15) is 4.99 Å². The first-order valence-electron chi connectivity index (χ1n) is 3.87. The van der Waals surface area contributed by atoms with Gasteiger partial charge in [-0.25, -0.2) is 4.98 Å². The van der Waals surface area contributed by atoms with Crippen molar-refractivity contribution in [2.45, 2.75) is 6.92 Å². The highest BCUT2D eigenvalue weighted by Crippen LogP contribution is 2.20. The fourth-order valence-electron chi connectivity index (χ4n) is 0.945. The molecule has 0 saturated carbocycles. The average molecular weight is 193 g/mol. The van der Waals surface area contributed by atoms with Crippen molar-refractivity contribution in [2.24, 2.45) is 4.99 Å². The zero-order valence-corrected chi connectivity index (χ0v) is 8.72. The maximum Gasteiger partial charge on any atom is 0.128 e. The lowest BCUT2D eigenvalue weighted by Crippen LogP contribution is -2.10. The lowest BCUT2D eigenvalue weighted by atomic mass is 10.2. The van der Waals surface area contributed by atoms with E-state index >= 15 is 0 Å². The normalized spacial score (nSPS) is 9.15. The zero-order valence-electron chi connectivity index (χ0n) is 7.90. The fraction of sp³-hybridized carbons (Fsp3) is 0.333. The van der Waals surface area contributed by atoms with E-state index in [-0.39, 0.29) is 0 Å². The van der Waals surface area contributed by atoms with Crippen molar-refractivity contribution in [3.05, 3.63) is 17.8 Å². The Kier molecular flexibility index (Phi) is 3.12. The Balaban J connectivity index is 3.12. The Bertz CT molecular complexity index is 354. The highest BCUT2D eigenvalue weighted by atomic mass is 32.1. The van der Waals surface area contributed by atoms with Crippen molar-refractivity contribution in [2.75, 3.05) is 19.0 Å². The lowest BCUT2D eigenvalue weighted by molar-refractivity contribution is 1.06. The monoisotopic (exact) mass is 193 g/mol. The molecule has 13 heavy (non-hydrogen) atoms. The second kappa shape index (κ2) is 4.12. The van der Waals surface area contributed by atoms with Gasteiger partial charge < -0.3 is 4.90 Å². The first kappa shape index (κ1) is 9.84. The number of hydrogen-bond acceptors (Lipinski definition) is 4. The van der Waals surface area contributed by atoms with Gasteiger partial charge in [0.05, 0.1) is 17.0 Å². The van der Waals surface area contributed by atoms with Crippen LogP contribution >= 0.6 is 12.2 Å². The molecule has 0 atom stereocenters. The van der Waals surface area contributed by atoms with Gasteiger partial charge in [0.2, 0.25) is 0 Å². The van der Waals surface area contributed by atoms with E-state index < -0.39 is 0 Å². The summed E-state index contributed by atoms with van der Waals surface area (Å²) < 4.78 is 0. The van der Waals surface area contributed by atoms with Crippen LogP contribution in [-0.2, 0) is 0 Å². The molecule has 0 amide bonds. The van der Waals surface area contributed by atoms with Gasteiger partial charge in [0.1, 0.15) is 5.82 Å². The van der Waals surface area contributed by atoms with Crippen molar-refractivity contribution in [3.8, 4) is 0 Å². The summed E-state index contributed by atoms with van der Waals surface area (Å²) in [5, 5.41) is 2.33. The summed E-state index contributed by atoms with van der Waals surface area (Å²) in [6.45, 7) is 1.97. The third kappa shape index (κ3) is 2.34. The van der Waals surface area contributed by atoms with Gasteiger partial charge in [-0.1, -0.05) is 0 Å². The summed E-state index contributed by atoms with van der Waals surface area (Å²) in [4.78, 5) is 10.0. The number of hydrogen-bond donors (Lipinski definition) is 0. The number of pyridine rings is 1. The second-order valence-corrected chi connectivity index (χ2v) is 3.11. The molecule has 1 heterocycles. The quantitative estimate of drug-likeness (QED) is 0.532. The van der Waals surface area contributed by atoms with Gasteiger partial charge >= 0.3 is 0 Å².